The number of ether oxygens (including phenoxy) is 2. The maximum Gasteiger partial charge on any atom is 0.247 e. The van der Waals surface area contributed by atoms with Gasteiger partial charge in [0.2, 0.25) is 17.7 Å². The Hall–Kier alpha value is -3.61. The third-order valence-corrected chi connectivity index (χ3v) is 7.88. The number of para-hydroxylation sites is 2. The summed E-state index contributed by atoms with van der Waals surface area (Å²) < 4.78 is 11.2. The summed E-state index contributed by atoms with van der Waals surface area (Å²) in [6, 6.07) is 13.4. The molecule has 0 radical (unpaired) electrons. The first kappa shape index (κ1) is 21.0. The van der Waals surface area contributed by atoms with Gasteiger partial charge in [-0.2, -0.15) is 0 Å². The van der Waals surface area contributed by atoms with Gasteiger partial charge in [0.25, 0.3) is 0 Å². The van der Waals surface area contributed by atoms with E-state index in [9.17, 15) is 14.4 Å². The average Bonchev–Trinajstić information content (AvgIpc) is 3.63. The first-order valence-corrected chi connectivity index (χ1v) is 11.7. The number of hydrogen-bond donors (Lipinski definition) is 1. The van der Waals surface area contributed by atoms with Crippen LogP contribution in [0.1, 0.15) is 13.3 Å². The van der Waals surface area contributed by atoms with E-state index >= 15 is 0 Å². The number of imide groups is 1. The molecule has 2 aromatic rings. The number of carbonyl (C=O) groups excluding carboxylic acids is 3. The molecule has 0 aromatic heterocycles. The van der Waals surface area contributed by atoms with E-state index < -0.39 is 6.04 Å². The number of benzene rings is 2. The van der Waals surface area contributed by atoms with Gasteiger partial charge in [0.05, 0.1) is 18.9 Å². The fraction of sp³-hybridized carbons (Fsp3) is 0.370. The van der Waals surface area contributed by atoms with E-state index in [4.69, 9.17) is 9.47 Å². The average molecular weight is 459 g/mol. The molecule has 1 N–H and O–H groups in total. The number of methoxy groups -OCH3 is 1. The normalized spacial score (nSPS) is 31.1. The van der Waals surface area contributed by atoms with Crippen molar-refractivity contribution in [2.75, 3.05) is 12.4 Å². The highest BCUT2D eigenvalue weighted by molar-refractivity contribution is 6.10. The topological polar surface area (TPSA) is 84.9 Å². The summed E-state index contributed by atoms with van der Waals surface area (Å²) in [6.07, 6.45) is 5.38. The van der Waals surface area contributed by atoms with Gasteiger partial charge in [-0.25, -0.2) is 0 Å². The van der Waals surface area contributed by atoms with Crippen molar-refractivity contribution in [3.63, 3.8) is 0 Å². The molecule has 0 unspecified atom stereocenters. The van der Waals surface area contributed by atoms with Gasteiger partial charge in [-0.1, -0.05) is 24.3 Å². The minimum Gasteiger partial charge on any atom is -0.493 e. The molecule has 4 aliphatic carbocycles. The number of nitrogens with one attached hydrogen (secondary N) is 1. The SMILES string of the molecule is COc1ccccc1Oc1ccc(NC(=O)[C@@H](C)N2C(=O)[C@@H]3[C@@H]4C=C[C@H]([C@H]5C[C@H]45)[C@@H]3C2=O)cc1. The Kier molecular flexibility index (Phi) is 4.76. The molecule has 2 saturated carbocycles. The van der Waals surface area contributed by atoms with Crippen molar-refractivity contribution >= 4 is 23.4 Å². The smallest absolute Gasteiger partial charge is 0.247 e. The van der Waals surface area contributed by atoms with Crippen molar-refractivity contribution in [1.29, 1.82) is 0 Å². The van der Waals surface area contributed by atoms with Crippen LogP contribution in [0.25, 0.3) is 0 Å². The maximum absolute atomic E-state index is 13.2. The Morgan fingerprint density at radius 2 is 1.53 bits per heavy atom. The molecule has 3 amide bonds. The number of carbonyl (C=O) groups is 3. The second-order valence-corrected chi connectivity index (χ2v) is 9.64. The summed E-state index contributed by atoms with van der Waals surface area (Å²) in [5.41, 5.74) is 0.559. The van der Waals surface area contributed by atoms with Crippen LogP contribution >= 0.6 is 0 Å². The van der Waals surface area contributed by atoms with E-state index in [1.807, 2.05) is 24.3 Å². The number of rotatable bonds is 6. The highest BCUT2D eigenvalue weighted by Crippen LogP contribution is 2.65. The molecule has 7 rings (SSSR count). The number of hydrogen-bond acceptors (Lipinski definition) is 5. The summed E-state index contributed by atoms with van der Waals surface area (Å²) in [7, 11) is 1.58. The molecule has 1 aliphatic heterocycles. The minimum atomic E-state index is -0.870. The van der Waals surface area contributed by atoms with E-state index in [1.165, 1.54) is 4.90 Å². The van der Waals surface area contributed by atoms with Crippen molar-refractivity contribution in [1.82, 2.24) is 4.90 Å². The van der Waals surface area contributed by atoms with E-state index in [-0.39, 0.29) is 41.4 Å². The van der Waals surface area contributed by atoms with Gasteiger partial charge in [0.15, 0.2) is 11.5 Å². The summed E-state index contributed by atoms with van der Waals surface area (Å²) in [4.78, 5) is 40.7. The Morgan fingerprint density at radius 3 is 2.12 bits per heavy atom. The first-order valence-electron chi connectivity index (χ1n) is 11.7. The highest BCUT2D eigenvalue weighted by atomic mass is 16.5. The van der Waals surface area contributed by atoms with E-state index in [0.717, 1.165) is 6.42 Å². The number of nitrogens with zero attached hydrogens (tertiary/aromatic N) is 1. The van der Waals surface area contributed by atoms with Crippen LogP contribution in [-0.2, 0) is 14.4 Å². The van der Waals surface area contributed by atoms with Crippen LogP contribution in [0.5, 0.6) is 17.2 Å². The molecule has 7 heteroatoms. The lowest BCUT2D eigenvalue weighted by atomic mass is 9.63. The molecule has 2 bridgehead atoms. The molecule has 1 saturated heterocycles. The standard InChI is InChI=1S/C27H26N2O5/c1-14(29-26(31)23-17-11-12-18(20-13-19(17)20)24(23)27(29)32)25(30)28-15-7-9-16(10-8-15)34-22-6-4-3-5-21(22)33-2/h3-12,14,17-20,23-24H,13H2,1-2H3,(H,28,30)/t14-,17-,18-,19-,20-,23-,24+/m1/s1. The van der Waals surface area contributed by atoms with Gasteiger partial charge in [0.1, 0.15) is 11.8 Å². The molecule has 7 nitrogen and oxygen atoms in total. The van der Waals surface area contributed by atoms with Crippen molar-refractivity contribution in [2.24, 2.45) is 35.5 Å². The van der Waals surface area contributed by atoms with Gasteiger partial charge in [-0.3, -0.25) is 19.3 Å². The molecule has 174 valence electrons. The molecule has 3 fully saturated rings. The van der Waals surface area contributed by atoms with Crippen LogP contribution in [0.3, 0.4) is 0 Å². The fourth-order valence-corrected chi connectivity index (χ4v) is 6.16. The second kappa shape index (κ2) is 7.72. The molecule has 2 aromatic carbocycles. The molecule has 1 heterocycles. The van der Waals surface area contributed by atoms with Crippen molar-refractivity contribution in [3.05, 3.63) is 60.7 Å². The fourth-order valence-electron chi connectivity index (χ4n) is 6.16. The number of amides is 3. The molecule has 7 atom stereocenters. The van der Waals surface area contributed by atoms with Gasteiger partial charge in [0, 0.05) is 5.69 Å². The van der Waals surface area contributed by atoms with Crippen LogP contribution in [-0.4, -0.2) is 35.8 Å². The zero-order chi connectivity index (χ0) is 23.6. The zero-order valence-corrected chi connectivity index (χ0v) is 19.0. The van der Waals surface area contributed by atoms with Gasteiger partial charge >= 0.3 is 0 Å². The Balaban J connectivity index is 1.13. The first-order chi connectivity index (χ1) is 16.5. The molecule has 5 aliphatic rings. The van der Waals surface area contributed by atoms with Crippen molar-refractivity contribution in [2.45, 2.75) is 19.4 Å². The molecular weight excluding hydrogens is 432 g/mol. The summed E-state index contributed by atoms with van der Waals surface area (Å²) in [6.45, 7) is 1.62. The monoisotopic (exact) mass is 458 g/mol. The number of allylic oxidation sites excluding steroid dienone is 2. The van der Waals surface area contributed by atoms with Crippen LogP contribution in [0.4, 0.5) is 5.69 Å². The summed E-state index contributed by atoms with van der Waals surface area (Å²) in [5, 5.41) is 2.83. The maximum atomic E-state index is 13.2. The Labute approximate surface area is 197 Å². The van der Waals surface area contributed by atoms with Crippen molar-refractivity contribution < 1.29 is 23.9 Å². The van der Waals surface area contributed by atoms with E-state index in [1.54, 1.807) is 38.3 Å². The number of anilines is 1. The minimum absolute atomic E-state index is 0.146. The summed E-state index contributed by atoms with van der Waals surface area (Å²) in [5.74, 6) is 1.79. The highest BCUT2D eigenvalue weighted by Gasteiger charge is 2.67. The third kappa shape index (κ3) is 3.14. The largest absolute Gasteiger partial charge is 0.493 e. The van der Waals surface area contributed by atoms with Crippen LogP contribution in [0.15, 0.2) is 60.7 Å². The Morgan fingerprint density at radius 1 is 0.941 bits per heavy atom. The lowest BCUT2D eigenvalue weighted by Crippen LogP contribution is -2.46. The second-order valence-electron chi connectivity index (χ2n) is 9.64. The van der Waals surface area contributed by atoms with E-state index in [0.29, 0.717) is 34.8 Å². The van der Waals surface area contributed by atoms with Gasteiger partial charge in [-0.05, 0) is 73.4 Å². The predicted octanol–water partition coefficient (Wildman–Crippen LogP) is 3.87. The molecule has 0 spiro atoms. The molecule has 34 heavy (non-hydrogen) atoms. The van der Waals surface area contributed by atoms with E-state index in [2.05, 4.69) is 17.5 Å². The predicted molar refractivity (Wildman–Crippen MR) is 124 cm³/mol. The third-order valence-electron chi connectivity index (χ3n) is 7.88. The lowest BCUT2D eigenvalue weighted by Gasteiger charge is -2.37. The van der Waals surface area contributed by atoms with Gasteiger partial charge < -0.3 is 14.8 Å². The lowest BCUT2D eigenvalue weighted by molar-refractivity contribution is -0.146. The summed E-state index contributed by atoms with van der Waals surface area (Å²) >= 11 is 0. The Bertz CT molecular complexity index is 1170. The van der Waals surface area contributed by atoms with Crippen LogP contribution < -0.4 is 14.8 Å². The van der Waals surface area contributed by atoms with Crippen LogP contribution in [0.2, 0.25) is 0 Å². The van der Waals surface area contributed by atoms with Gasteiger partial charge in [-0.15, -0.1) is 0 Å². The zero-order valence-electron chi connectivity index (χ0n) is 19.0. The molecular formula is C27H26N2O5. The quantitative estimate of drug-likeness (QED) is 0.525. The van der Waals surface area contributed by atoms with Crippen molar-refractivity contribution in [3.8, 4) is 17.2 Å². The van der Waals surface area contributed by atoms with Crippen LogP contribution in [0, 0.1) is 35.5 Å². The number of likely N-dealkylation sites (tertiary alicyclic amines) is 1.